The molecule has 0 aromatic heterocycles. The number of hydrogen-bond donors (Lipinski definition) is 2. The summed E-state index contributed by atoms with van der Waals surface area (Å²) in [7, 11) is -3.33. The SMILES string of the molecule is CCNCC1CCCN(S(=O)(=O)NC(C)CC(C)C)C1. The summed E-state index contributed by atoms with van der Waals surface area (Å²) in [5, 5.41) is 3.31. The zero-order valence-electron chi connectivity index (χ0n) is 13.4. The van der Waals surface area contributed by atoms with E-state index in [4.69, 9.17) is 0 Å². The Balaban J connectivity index is 2.53. The maximum absolute atomic E-state index is 12.4. The van der Waals surface area contributed by atoms with Crippen LogP contribution in [0, 0.1) is 11.8 Å². The van der Waals surface area contributed by atoms with Crippen LogP contribution in [0.25, 0.3) is 0 Å². The Labute approximate surface area is 124 Å². The van der Waals surface area contributed by atoms with Crippen molar-refractivity contribution < 1.29 is 8.42 Å². The van der Waals surface area contributed by atoms with Gasteiger partial charge in [0.05, 0.1) is 0 Å². The summed E-state index contributed by atoms with van der Waals surface area (Å²) < 4.78 is 29.2. The van der Waals surface area contributed by atoms with Gasteiger partial charge in [0.1, 0.15) is 0 Å². The molecule has 1 fully saturated rings. The first kappa shape index (κ1) is 17.9. The Morgan fingerprint density at radius 2 is 2.00 bits per heavy atom. The lowest BCUT2D eigenvalue weighted by molar-refractivity contribution is 0.257. The molecule has 1 saturated heterocycles. The van der Waals surface area contributed by atoms with E-state index in [-0.39, 0.29) is 6.04 Å². The maximum Gasteiger partial charge on any atom is 0.279 e. The Bertz CT molecular complexity index is 371. The van der Waals surface area contributed by atoms with Crippen molar-refractivity contribution in [1.82, 2.24) is 14.3 Å². The molecule has 0 spiro atoms. The number of nitrogens with one attached hydrogen (secondary N) is 2. The smallest absolute Gasteiger partial charge is 0.279 e. The van der Waals surface area contributed by atoms with E-state index in [1.54, 1.807) is 4.31 Å². The fraction of sp³-hybridized carbons (Fsp3) is 1.00. The number of piperidine rings is 1. The zero-order valence-corrected chi connectivity index (χ0v) is 14.2. The average Bonchev–Trinajstić information content (AvgIpc) is 2.35. The topological polar surface area (TPSA) is 61.4 Å². The second-order valence-corrected chi connectivity index (χ2v) is 8.03. The molecule has 1 aliphatic heterocycles. The second kappa shape index (κ2) is 8.32. The van der Waals surface area contributed by atoms with Gasteiger partial charge in [-0.15, -0.1) is 0 Å². The molecule has 0 radical (unpaired) electrons. The predicted octanol–water partition coefficient (Wildman–Crippen LogP) is 1.58. The van der Waals surface area contributed by atoms with Crippen molar-refractivity contribution in [1.29, 1.82) is 0 Å². The first-order valence-corrected chi connectivity index (χ1v) is 9.27. The van der Waals surface area contributed by atoms with Gasteiger partial charge >= 0.3 is 0 Å². The van der Waals surface area contributed by atoms with Gasteiger partial charge in [0.15, 0.2) is 0 Å². The van der Waals surface area contributed by atoms with Gasteiger partial charge in [0, 0.05) is 19.1 Å². The number of rotatable bonds is 8. The van der Waals surface area contributed by atoms with Crippen LogP contribution in [0.15, 0.2) is 0 Å². The van der Waals surface area contributed by atoms with Crippen LogP contribution < -0.4 is 10.0 Å². The van der Waals surface area contributed by atoms with E-state index in [0.717, 1.165) is 32.4 Å². The Hall–Kier alpha value is -0.170. The predicted molar refractivity (Wildman–Crippen MR) is 83.8 cm³/mol. The van der Waals surface area contributed by atoms with Gasteiger partial charge in [0.2, 0.25) is 0 Å². The van der Waals surface area contributed by atoms with E-state index < -0.39 is 10.2 Å². The van der Waals surface area contributed by atoms with Crippen LogP contribution in [0.1, 0.15) is 47.0 Å². The molecule has 0 aliphatic carbocycles. The lowest BCUT2D eigenvalue weighted by Gasteiger charge is -2.33. The molecule has 2 atom stereocenters. The molecule has 20 heavy (non-hydrogen) atoms. The summed E-state index contributed by atoms with van der Waals surface area (Å²) in [6.45, 7) is 11.4. The molecular weight excluding hydrogens is 274 g/mol. The molecule has 120 valence electrons. The maximum atomic E-state index is 12.4. The summed E-state index contributed by atoms with van der Waals surface area (Å²) >= 11 is 0. The largest absolute Gasteiger partial charge is 0.317 e. The normalized spacial score (nSPS) is 23.1. The van der Waals surface area contributed by atoms with Gasteiger partial charge in [0.25, 0.3) is 10.2 Å². The van der Waals surface area contributed by atoms with Crippen LogP contribution >= 0.6 is 0 Å². The third-order valence-corrected chi connectivity index (χ3v) is 5.39. The van der Waals surface area contributed by atoms with E-state index in [9.17, 15) is 8.42 Å². The monoisotopic (exact) mass is 305 g/mol. The van der Waals surface area contributed by atoms with Crippen molar-refractivity contribution in [2.75, 3.05) is 26.2 Å². The standard InChI is InChI=1S/C14H31N3O2S/c1-5-15-10-14-7-6-8-17(11-14)20(18,19)16-13(4)9-12(2)3/h12-16H,5-11H2,1-4H3. The molecule has 2 N–H and O–H groups in total. The van der Waals surface area contributed by atoms with Crippen molar-refractivity contribution in [2.24, 2.45) is 11.8 Å². The van der Waals surface area contributed by atoms with Crippen LogP contribution in [0.4, 0.5) is 0 Å². The number of nitrogens with zero attached hydrogens (tertiary/aromatic N) is 1. The van der Waals surface area contributed by atoms with Crippen molar-refractivity contribution in [2.45, 2.75) is 53.0 Å². The van der Waals surface area contributed by atoms with E-state index in [1.807, 2.05) is 6.92 Å². The summed E-state index contributed by atoms with van der Waals surface area (Å²) in [5.74, 6) is 0.927. The molecule has 0 aromatic rings. The second-order valence-electron chi connectivity index (χ2n) is 6.33. The lowest BCUT2D eigenvalue weighted by Crippen LogP contribution is -2.49. The van der Waals surface area contributed by atoms with E-state index >= 15 is 0 Å². The average molecular weight is 305 g/mol. The fourth-order valence-corrected chi connectivity index (χ4v) is 4.37. The molecule has 0 bridgehead atoms. The fourth-order valence-electron chi connectivity index (χ4n) is 2.84. The third-order valence-electron chi connectivity index (χ3n) is 3.68. The molecular formula is C14H31N3O2S. The summed E-state index contributed by atoms with van der Waals surface area (Å²) in [4.78, 5) is 0. The van der Waals surface area contributed by atoms with Crippen LogP contribution in [-0.4, -0.2) is 44.9 Å². The quantitative estimate of drug-likeness (QED) is 0.716. The lowest BCUT2D eigenvalue weighted by atomic mass is 10.00. The summed E-state index contributed by atoms with van der Waals surface area (Å²) in [6, 6.07) is -0.00542. The molecule has 0 saturated carbocycles. The zero-order chi connectivity index (χ0) is 15.2. The highest BCUT2D eigenvalue weighted by Crippen LogP contribution is 2.18. The first-order chi connectivity index (χ1) is 9.35. The summed E-state index contributed by atoms with van der Waals surface area (Å²) in [6.07, 6.45) is 2.93. The van der Waals surface area contributed by atoms with Gasteiger partial charge in [-0.1, -0.05) is 20.8 Å². The van der Waals surface area contributed by atoms with Crippen LogP contribution in [0.2, 0.25) is 0 Å². The van der Waals surface area contributed by atoms with Gasteiger partial charge in [-0.05, 0) is 51.1 Å². The first-order valence-electron chi connectivity index (χ1n) is 7.83. The Kier molecular flexibility index (Phi) is 7.43. The number of hydrogen-bond acceptors (Lipinski definition) is 3. The van der Waals surface area contributed by atoms with Crippen LogP contribution in [-0.2, 0) is 10.2 Å². The van der Waals surface area contributed by atoms with Gasteiger partial charge in [-0.3, -0.25) is 0 Å². The Morgan fingerprint density at radius 3 is 2.60 bits per heavy atom. The minimum absolute atomic E-state index is 0.00542. The molecule has 1 aliphatic rings. The molecule has 2 unspecified atom stereocenters. The van der Waals surface area contributed by atoms with Crippen molar-refractivity contribution in [3.8, 4) is 0 Å². The van der Waals surface area contributed by atoms with E-state index in [0.29, 0.717) is 24.9 Å². The van der Waals surface area contributed by atoms with Crippen molar-refractivity contribution in [3.63, 3.8) is 0 Å². The van der Waals surface area contributed by atoms with E-state index in [1.165, 1.54) is 0 Å². The highest BCUT2D eigenvalue weighted by Gasteiger charge is 2.29. The molecule has 0 aromatic carbocycles. The van der Waals surface area contributed by atoms with Crippen LogP contribution in [0.5, 0.6) is 0 Å². The minimum atomic E-state index is -3.33. The highest BCUT2D eigenvalue weighted by atomic mass is 32.2. The molecule has 6 heteroatoms. The van der Waals surface area contributed by atoms with Gasteiger partial charge < -0.3 is 5.32 Å². The molecule has 1 heterocycles. The minimum Gasteiger partial charge on any atom is -0.317 e. The van der Waals surface area contributed by atoms with Crippen LogP contribution in [0.3, 0.4) is 0 Å². The molecule has 0 amide bonds. The summed E-state index contributed by atoms with van der Waals surface area (Å²) in [5.41, 5.74) is 0. The van der Waals surface area contributed by atoms with Crippen molar-refractivity contribution in [3.05, 3.63) is 0 Å². The van der Waals surface area contributed by atoms with Crippen molar-refractivity contribution >= 4 is 10.2 Å². The Morgan fingerprint density at radius 1 is 1.30 bits per heavy atom. The molecule has 1 rings (SSSR count). The third kappa shape index (κ3) is 6.08. The molecule has 5 nitrogen and oxygen atoms in total. The van der Waals surface area contributed by atoms with E-state index in [2.05, 4.69) is 30.8 Å². The van der Waals surface area contributed by atoms with Gasteiger partial charge in [-0.2, -0.15) is 17.4 Å². The highest BCUT2D eigenvalue weighted by molar-refractivity contribution is 7.87. The van der Waals surface area contributed by atoms with Gasteiger partial charge in [-0.25, -0.2) is 0 Å².